The first-order chi connectivity index (χ1) is 20.9. The zero-order chi connectivity index (χ0) is 30.3. The van der Waals surface area contributed by atoms with Gasteiger partial charge >= 0.3 is 0 Å². The van der Waals surface area contributed by atoms with Crippen molar-refractivity contribution < 1.29 is 28.5 Å². The van der Waals surface area contributed by atoms with Gasteiger partial charge in [0.05, 0.1) is 44.7 Å². The van der Waals surface area contributed by atoms with Crippen LogP contribution in [0.25, 0.3) is 0 Å². The first-order valence-corrected chi connectivity index (χ1v) is 14.9. The molecule has 3 aliphatic heterocycles. The molecule has 0 spiro atoms. The Labute approximate surface area is 253 Å². The van der Waals surface area contributed by atoms with E-state index in [2.05, 4.69) is 29.1 Å². The molecule has 3 aliphatic rings. The summed E-state index contributed by atoms with van der Waals surface area (Å²) in [5.74, 6) is 2.53. The Hall–Kier alpha value is -4.34. The van der Waals surface area contributed by atoms with Gasteiger partial charge in [0.1, 0.15) is 0 Å². The number of carbonyl (C=O) groups is 2. The van der Waals surface area contributed by atoms with E-state index in [-0.39, 0.29) is 18.0 Å². The Balaban J connectivity index is 1.12. The van der Waals surface area contributed by atoms with E-state index in [4.69, 9.17) is 18.9 Å². The number of nitrogens with zero attached hydrogens (tertiary/aromatic N) is 1. The maximum Gasteiger partial charge on any atom is 0.256 e. The van der Waals surface area contributed by atoms with Crippen molar-refractivity contribution in [1.29, 1.82) is 0 Å². The van der Waals surface area contributed by atoms with Crippen LogP contribution >= 0.6 is 0 Å². The SMILES string of the molecule is C=C1Cc2cc(OC)c(OCCCCCOc3cc4c(cc3OC)C(=O)N3CC(=C)C[C@H]3CN4)cc2NCC(NC=O)C1. The summed E-state index contributed by atoms with van der Waals surface area (Å²) in [6, 6.07) is 7.74. The van der Waals surface area contributed by atoms with Crippen LogP contribution in [0.3, 0.4) is 0 Å². The maximum absolute atomic E-state index is 13.2. The van der Waals surface area contributed by atoms with Crippen molar-refractivity contribution in [2.24, 2.45) is 0 Å². The van der Waals surface area contributed by atoms with E-state index < -0.39 is 0 Å². The molecule has 1 saturated heterocycles. The van der Waals surface area contributed by atoms with E-state index in [1.54, 1.807) is 20.3 Å². The standard InChI is InChI=1S/C33H42N4O6/c1-21-10-23-13-29(40-3)31(15-27(23)34-17-24(11-21)36-20-38)42-8-6-5-7-9-43-32-16-28-26(14-30(32)41-4)33(39)37-19-22(2)12-25(37)18-35-28/h13-16,20,24-25,34-35H,1-2,5-12,17-19H2,3-4H3,(H,36,38)/t24?,25-/m0/s1. The third kappa shape index (κ3) is 7.01. The van der Waals surface area contributed by atoms with Crippen LogP contribution in [-0.4, -0.2) is 76.4 Å². The number of methoxy groups -OCH3 is 2. The van der Waals surface area contributed by atoms with Gasteiger partial charge in [-0.2, -0.15) is 0 Å². The van der Waals surface area contributed by atoms with E-state index in [0.717, 1.165) is 66.6 Å². The van der Waals surface area contributed by atoms with Crippen LogP contribution in [0.4, 0.5) is 11.4 Å². The van der Waals surface area contributed by atoms with E-state index in [0.29, 0.717) is 67.8 Å². The molecule has 2 aromatic rings. The molecule has 230 valence electrons. The minimum Gasteiger partial charge on any atom is -0.493 e. The summed E-state index contributed by atoms with van der Waals surface area (Å²) in [7, 11) is 3.23. The predicted octanol–water partition coefficient (Wildman–Crippen LogP) is 4.56. The number of hydrogen-bond acceptors (Lipinski definition) is 8. The molecule has 1 fully saturated rings. The van der Waals surface area contributed by atoms with Crippen LogP contribution in [0.2, 0.25) is 0 Å². The number of unbranched alkanes of at least 4 members (excludes halogenated alkanes) is 2. The average Bonchev–Trinajstić information content (AvgIpc) is 3.32. The lowest BCUT2D eigenvalue weighted by Gasteiger charge is -2.25. The Morgan fingerprint density at radius 3 is 2.26 bits per heavy atom. The van der Waals surface area contributed by atoms with Gasteiger partial charge in [0.2, 0.25) is 6.41 Å². The molecule has 3 N–H and O–H groups in total. The molecular weight excluding hydrogens is 548 g/mol. The smallest absolute Gasteiger partial charge is 0.256 e. The molecule has 0 aromatic heterocycles. The second-order valence-electron chi connectivity index (χ2n) is 11.4. The monoisotopic (exact) mass is 590 g/mol. The number of rotatable bonds is 12. The summed E-state index contributed by atoms with van der Waals surface area (Å²) in [5.41, 5.74) is 5.56. The lowest BCUT2D eigenvalue weighted by molar-refractivity contribution is -0.110. The van der Waals surface area contributed by atoms with Crippen molar-refractivity contribution in [3.8, 4) is 23.0 Å². The quantitative estimate of drug-likeness (QED) is 0.188. The van der Waals surface area contributed by atoms with Gasteiger partial charge in [0, 0.05) is 43.5 Å². The van der Waals surface area contributed by atoms with Crippen LogP contribution in [0.5, 0.6) is 23.0 Å². The molecule has 2 aromatic carbocycles. The lowest BCUT2D eigenvalue weighted by atomic mass is 9.96. The molecule has 5 rings (SSSR count). The Kier molecular flexibility index (Phi) is 9.64. The van der Waals surface area contributed by atoms with Gasteiger partial charge in [-0.3, -0.25) is 9.59 Å². The Morgan fingerprint density at radius 1 is 0.884 bits per heavy atom. The van der Waals surface area contributed by atoms with Gasteiger partial charge < -0.3 is 39.8 Å². The molecule has 3 heterocycles. The summed E-state index contributed by atoms with van der Waals surface area (Å²) >= 11 is 0. The highest BCUT2D eigenvalue weighted by Crippen LogP contribution is 2.38. The number of benzene rings is 2. The van der Waals surface area contributed by atoms with Gasteiger partial charge in [-0.15, -0.1) is 0 Å². The summed E-state index contributed by atoms with van der Waals surface area (Å²) in [5, 5.41) is 9.72. The van der Waals surface area contributed by atoms with Gasteiger partial charge in [0.15, 0.2) is 23.0 Å². The zero-order valence-corrected chi connectivity index (χ0v) is 25.1. The van der Waals surface area contributed by atoms with Gasteiger partial charge in [-0.1, -0.05) is 24.3 Å². The highest BCUT2D eigenvalue weighted by atomic mass is 16.5. The van der Waals surface area contributed by atoms with Gasteiger partial charge in [0.25, 0.3) is 5.91 Å². The summed E-state index contributed by atoms with van der Waals surface area (Å²) in [6.07, 6.45) is 5.58. The topological polar surface area (TPSA) is 110 Å². The number of fused-ring (bicyclic) bond motifs is 3. The number of ether oxygens (including phenoxy) is 4. The normalized spacial score (nSPS) is 19.4. The molecule has 10 nitrogen and oxygen atoms in total. The Bertz CT molecular complexity index is 1380. The van der Waals surface area contributed by atoms with Crippen LogP contribution in [0.15, 0.2) is 48.6 Å². The van der Waals surface area contributed by atoms with Gasteiger partial charge in [-0.05, 0) is 56.2 Å². The maximum atomic E-state index is 13.2. The van der Waals surface area contributed by atoms with Crippen molar-refractivity contribution in [2.75, 3.05) is 57.7 Å². The van der Waals surface area contributed by atoms with E-state index >= 15 is 0 Å². The second kappa shape index (κ2) is 13.8. The molecule has 1 unspecified atom stereocenters. The fraction of sp³-hybridized carbons (Fsp3) is 0.455. The van der Waals surface area contributed by atoms with Crippen molar-refractivity contribution in [2.45, 2.75) is 50.6 Å². The fourth-order valence-electron chi connectivity index (χ4n) is 5.98. The molecule has 0 bridgehead atoms. The number of nitrogens with one attached hydrogen (secondary N) is 3. The molecule has 2 amide bonds. The summed E-state index contributed by atoms with van der Waals surface area (Å²) in [4.78, 5) is 26.0. The first-order valence-electron chi connectivity index (χ1n) is 14.9. The number of hydrogen-bond donors (Lipinski definition) is 3. The third-order valence-corrected chi connectivity index (χ3v) is 8.19. The molecular formula is C33H42N4O6. The highest BCUT2D eigenvalue weighted by Gasteiger charge is 2.35. The van der Waals surface area contributed by atoms with Crippen LogP contribution in [-0.2, 0) is 11.2 Å². The second-order valence-corrected chi connectivity index (χ2v) is 11.4. The number of anilines is 2. The third-order valence-electron chi connectivity index (χ3n) is 8.19. The lowest BCUT2D eigenvalue weighted by Crippen LogP contribution is -2.36. The average molecular weight is 591 g/mol. The minimum absolute atomic E-state index is 0.00421. The molecule has 43 heavy (non-hydrogen) atoms. The number of carbonyl (C=O) groups excluding carboxylic acids is 2. The first kappa shape index (κ1) is 30.1. The van der Waals surface area contributed by atoms with Crippen LogP contribution in [0.1, 0.15) is 48.0 Å². The van der Waals surface area contributed by atoms with Crippen LogP contribution in [0, 0.1) is 0 Å². The highest BCUT2D eigenvalue weighted by molar-refractivity contribution is 6.01. The molecule has 0 saturated carbocycles. The number of amides is 2. The van der Waals surface area contributed by atoms with Crippen LogP contribution < -0.4 is 34.9 Å². The molecule has 0 aliphatic carbocycles. The molecule has 2 atom stereocenters. The summed E-state index contributed by atoms with van der Waals surface area (Å²) in [6.45, 7) is 11.2. The fourth-order valence-corrected chi connectivity index (χ4v) is 5.98. The van der Waals surface area contributed by atoms with Crippen molar-refractivity contribution >= 4 is 23.7 Å². The van der Waals surface area contributed by atoms with Crippen molar-refractivity contribution in [3.05, 3.63) is 59.7 Å². The van der Waals surface area contributed by atoms with Crippen molar-refractivity contribution in [3.63, 3.8) is 0 Å². The summed E-state index contributed by atoms with van der Waals surface area (Å²) < 4.78 is 23.4. The van der Waals surface area contributed by atoms with E-state index in [1.165, 1.54) is 0 Å². The predicted molar refractivity (Wildman–Crippen MR) is 167 cm³/mol. The Morgan fingerprint density at radius 2 is 1.56 bits per heavy atom. The molecule has 10 heteroatoms. The van der Waals surface area contributed by atoms with E-state index in [9.17, 15) is 9.59 Å². The largest absolute Gasteiger partial charge is 0.493 e. The van der Waals surface area contributed by atoms with Crippen molar-refractivity contribution in [1.82, 2.24) is 10.2 Å². The van der Waals surface area contributed by atoms with E-state index in [1.807, 2.05) is 23.1 Å². The minimum atomic E-state index is -0.00469. The van der Waals surface area contributed by atoms with Gasteiger partial charge in [-0.25, -0.2) is 0 Å². The molecule has 0 radical (unpaired) electrons. The zero-order valence-electron chi connectivity index (χ0n) is 25.1.